The molecule has 2 heterocycles. The summed E-state index contributed by atoms with van der Waals surface area (Å²) >= 11 is 1.66. The van der Waals surface area contributed by atoms with Gasteiger partial charge in [-0.3, -0.25) is 4.79 Å². The fourth-order valence-electron chi connectivity index (χ4n) is 2.70. The minimum atomic E-state index is -0.313. The van der Waals surface area contributed by atoms with Crippen molar-refractivity contribution in [3.05, 3.63) is 70.5 Å². The molecule has 124 valence electrons. The summed E-state index contributed by atoms with van der Waals surface area (Å²) in [6.07, 6.45) is 0. The van der Waals surface area contributed by atoms with Gasteiger partial charge in [-0.1, -0.05) is 30.4 Å². The molecule has 1 aromatic carbocycles. The lowest BCUT2D eigenvalue weighted by Crippen LogP contribution is -2.26. The van der Waals surface area contributed by atoms with Crippen LogP contribution in [0.15, 0.2) is 48.6 Å². The van der Waals surface area contributed by atoms with Crippen molar-refractivity contribution in [3.8, 4) is 0 Å². The fraction of sp³-hybridized carbons (Fsp3) is 0.211. The normalized spacial score (nSPS) is 11.0. The molecule has 0 saturated heterocycles. The van der Waals surface area contributed by atoms with E-state index in [1.807, 2.05) is 24.5 Å². The van der Waals surface area contributed by atoms with Crippen molar-refractivity contribution < 1.29 is 9.18 Å². The van der Waals surface area contributed by atoms with Gasteiger partial charge in [-0.15, -0.1) is 11.3 Å². The Labute approximate surface area is 144 Å². The summed E-state index contributed by atoms with van der Waals surface area (Å²) in [7, 11) is 0. The van der Waals surface area contributed by atoms with Gasteiger partial charge in [-0.05, 0) is 32.0 Å². The molecule has 1 N–H and O–H groups in total. The molecule has 0 saturated carbocycles. The highest BCUT2D eigenvalue weighted by Crippen LogP contribution is 2.29. The van der Waals surface area contributed by atoms with Gasteiger partial charge in [-0.25, -0.2) is 4.39 Å². The summed E-state index contributed by atoms with van der Waals surface area (Å²) < 4.78 is 16.7. The van der Waals surface area contributed by atoms with E-state index in [9.17, 15) is 9.18 Å². The molecule has 0 atom stereocenters. The van der Waals surface area contributed by atoms with E-state index >= 15 is 0 Å². The first kappa shape index (κ1) is 16.5. The molecule has 0 aliphatic rings. The zero-order chi connectivity index (χ0) is 17.3. The highest BCUT2D eigenvalue weighted by Gasteiger charge is 2.17. The Morgan fingerprint density at radius 2 is 2.08 bits per heavy atom. The van der Waals surface area contributed by atoms with Crippen LogP contribution in [-0.4, -0.2) is 10.5 Å². The van der Waals surface area contributed by atoms with Crippen molar-refractivity contribution in [2.24, 2.45) is 0 Å². The zero-order valence-electron chi connectivity index (χ0n) is 13.7. The molecule has 0 bridgehead atoms. The van der Waals surface area contributed by atoms with E-state index in [-0.39, 0.29) is 18.3 Å². The van der Waals surface area contributed by atoms with Crippen LogP contribution in [0.25, 0.3) is 10.2 Å². The number of aromatic nitrogens is 1. The number of amides is 1. The maximum absolute atomic E-state index is 13.7. The monoisotopic (exact) mass is 342 g/mol. The zero-order valence-corrected chi connectivity index (χ0v) is 14.5. The molecule has 3 rings (SSSR count). The molecular weight excluding hydrogens is 323 g/mol. The molecular formula is C19H19FN2OS. The number of fused-ring (bicyclic) bond motifs is 1. The number of nitrogens with one attached hydrogen (secondary N) is 1. The largest absolute Gasteiger partial charge is 0.347 e. The second-order valence-electron chi connectivity index (χ2n) is 5.95. The Hall–Kier alpha value is -2.40. The van der Waals surface area contributed by atoms with Gasteiger partial charge in [0.1, 0.15) is 11.5 Å². The van der Waals surface area contributed by atoms with E-state index in [1.54, 1.807) is 29.5 Å². The molecule has 0 unspecified atom stereocenters. The van der Waals surface area contributed by atoms with E-state index < -0.39 is 0 Å². The molecule has 3 nitrogen and oxygen atoms in total. The summed E-state index contributed by atoms with van der Waals surface area (Å²) in [6, 6.07) is 10.4. The van der Waals surface area contributed by atoms with Crippen LogP contribution in [0.1, 0.15) is 27.9 Å². The number of carbonyl (C=O) groups excluding carboxylic acids is 1. The molecule has 1 amide bonds. The minimum absolute atomic E-state index is 0.163. The Bertz CT molecular complexity index is 923. The average Bonchev–Trinajstić information content (AvgIpc) is 3.03. The highest BCUT2D eigenvalue weighted by molar-refractivity contribution is 7.19. The van der Waals surface area contributed by atoms with E-state index in [4.69, 9.17) is 0 Å². The molecule has 0 fully saturated rings. The third-order valence-corrected chi connectivity index (χ3v) is 4.76. The van der Waals surface area contributed by atoms with E-state index in [0.717, 1.165) is 15.8 Å². The van der Waals surface area contributed by atoms with E-state index in [2.05, 4.69) is 18.0 Å². The van der Waals surface area contributed by atoms with Crippen LogP contribution < -0.4 is 5.32 Å². The van der Waals surface area contributed by atoms with Gasteiger partial charge in [0, 0.05) is 23.5 Å². The third-order valence-electron chi connectivity index (χ3n) is 3.77. The van der Waals surface area contributed by atoms with Crippen LogP contribution in [0, 0.1) is 12.7 Å². The second kappa shape index (κ2) is 6.61. The lowest BCUT2D eigenvalue weighted by atomic mass is 10.2. The SMILES string of the molecule is C=C(C)Cn1c(C(=O)NCc2ccccc2F)cc2sc(C)cc21. The number of thiophene rings is 1. The fourth-order valence-corrected chi connectivity index (χ4v) is 3.66. The van der Waals surface area contributed by atoms with Crippen molar-refractivity contribution in [2.45, 2.75) is 26.9 Å². The topological polar surface area (TPSA) is 34.0 Å². The summed E-state index contributed by atoms with van der Waals surface area (Å²) in [5.41, 5.74) is 3.06. The van der Waals surface area contributed by atoms with Crippen molar-refractivity contribution >= 4 is 27.5 Å². The summed E-state index contributed by atoms with van der Waals surface area (Å²) in [4.78, 5) is 13.8. The predicted molar refractivity (Wildman–Crippen MR) is 96.9 cm³/mol. The second-order valence-corrected chi connectivity index (χ2v) is 7.24. The average molecular weight is 342 g/mol. The number of hydrogen-bond donors (Lipinski definition) is 1. The predicted octanol–water partition coefficient (Wildman–Crippen LogP) is 4.66. The Morgan fingerprint density at radius 3 is 2.79 bits per heavy atom. The molecule has 24 heavy (non-hydrogen) atoms. The van der Waals surface area contributed by atoms with Crippen molar-refractivity contribution in [1.29, 1.82) is 0 Å². The molecule has 0 radical (unpaired) electrons. The van der Waals surface area contributed by atoms with Gasteiger partial charge in [0.05, 0.1) is 10.2 Å². The van der Waals surface area contributed by atoms with Crippen LogP contribution in [-0.2, 0) is 13.1 Å². The first-order chi connectivity index (χ1) is 11.5. The van der Waals surface area contributed by atoms with Gasteiger partial charge in [0.2, 0.25) is 0 Å². The van der Waals surface area contributed by atoms with Gasteiger partial charge < -0.3 is 9.88 Å². The van der Waals surface area contributed by atoms with Crippen LogP contribution in [0.4, 0.5) is 4.39 Å². The van der Waals surface area contributed by atoms with Crippen LogP contribution in [0.2, 0.25) is 0 Å². The summed E-state index contributed by atoms with van der Waals surface area (Å²) in [5.74, 6) is -0.521. The number of rotatable bonds is 5. The van der Waals surface area contributed by atoms with Crippen LogP contribution in [0.5, 0.6) is 0 Å². The number of allylic oxidation sites excluding steroid dienone is 1. The third kappa shape index (κ3) is 3.26. The first-order valence-corrected chi connectivity index (χ1v) is 8.53. The lowest BCUT2D eigenvalue weighted by molar-refractivity contribution is 0.0942. The van der Waals surface area contributed by atoms with Crippen molar-refractivity contribution in [1.82, 2.24) is 9.88 Å². The lowest BCUT2D eigenvalue weighted by Gasteiger charge is -2.11. The standard InChI is InChI=1S/C19H19FN2OS/c1-12(2)11-22-16-8-13(3)24-18(16)9-17(22)19(23)21-10-14-6-4-5-7-15(14)20/h4-9H,1,10-11H2,2-3H3,(H,21,23). The minimum Gasteiger partial charge on any atom is -0.347 e. The van der Waals surface area contributed by atoms with Crippen molar-refractivity contribution in [3.63, 3.8) is 0 Å². The molecule has 0 aliphatic heterocycles. The van der Waals surface area contributed by atoms with Gasteiger partial charge in [0.15, 0.2) is 0 Å². The van der Waals surface area contributed by atoms with E-state index in [0.29, 0.717) is 17.8 Å². The van der Waals surface area contributed by atoms with Crippen LogP contribution in [0.3, 0.4) is 0 Å². The van der Waals surface area contributed by atoms with Gasteiger partial charge in [-0.2, -0.15) is 0 Å². The molecule has 0 spiro atoms. The van der Waals surface area contributed by atoms with Crippen LogP contribution >= 0.6 is 11.3 Å². The highest BCUT2D eigenvalue weighted by atomic mass is 32.1. The molecule has 2 aromatic heterocycles. The van der Waals surface area contributed by atoms with Crippen molar-refractivity contribution in [2.75, 3.05) is 0 Å². The smallest absolute Gasteiger partial charge is 0.268 e. The number of nitrogens with zero attached hydrogens (tertiary/aromatic N) is 1. The number of carbonyl (C=O) groups is 1. The summed E-state index contributed by atoms with van der Waals surface area (Å²) in [6.45, 7) is 8.68. The Kier molecular flexibility index (Phi) is 4.53. The quantitative estimate of drug-likeness (QED) is 0.673. The molecule has 0 aliphatic carbocycles. The maximum Gasteiger partial charge on any atom is 0.268 e. The van der Waals surface area contributed by atoms with E-state index in [1.165, 1.54) is 10.9 Å². The maximum atomic E-state index is 13.7. The number of hydrogen-bond acceptors (Lipinski definition) is 2. The summed E-state index contributed by atoms with van der Waals surface area (Å²) in [5, 5.41) is 2.81. The Morgan fingerprint density at radius 1 is 1.33 bits per heavy atom. The number of halogens is 1. The Balaban J connectivity index is 1.87. The molecule has 5 heteroatoms. The number of benzene rings is 1. The number of aryl methyl sites for hydroxylation is 1. The van der Waals surface area contributed by atoms with Gasteiger partial charge >= 0.3 is 0 Å². The van der Waals surface area contributed by atoms with Gasteiger partial charge in [0.25, 0.3) is 5.91 Å². The molecule has 3 aromatic rings. The first-order valence-electron chi connectivity index (χ1n) is 7.71.